The van der Waals surface area contributed by atoms with E-state index in [9.17, 15) is 53.4 Å². The highest BCUT2D eigenvalue weighted by atomic mass is 16.4. The van der Waals surface area contributed by atoms with E-state index in [1.165, 1.54) is 6.92 Å². The van der Waals surface area contributed by atoms with Crippen LogP contribution in [0.5, 0.6) is 0 Å². The van der Waals surface area contributed by atoms with Crippen molar-refractivity contribution in [3.05, 3.63) is 71.8 Å². The highest BCUT2D eigenvalue weighted by Gasteiger charge is 2.33. The Bertz CT molecular complexity index is 1710. The average Bonchev–Trinajstić information content (AvgIpc) is 3.12. The van der Waals surface area contributed by atoms with Crippen LogP contribution in [-0.2, 0) is 56.0 Å². The lowest BCUT2D eigenvalue weighted by Gasteiger charge is -2.25. The summed E-state index contributed by atoms with van der Waals surface area (Å²) in [6, 6.07) is 9.46. The molecule has 0 aromatic heterocycles. The monoisotopic (exact) mass is 800 g/mol. The van der Waals surface area contributed by atoms with Gasteiger partial charge in [-0.3, -0.25) is 38.4 Å². The zero-order chi connectivity index (χ0) is 41.9. The Morgan fingerprint density at radius 2 is 1.02 bits per heavy atom. The number of aliphatic carboxylic acids is 3. The van der Waals surface area contributed by atoms with Gasteiger partial charge in [0.05, 0.1) is 25.4 Å². The molecule has 0 radical (unpaired) electrons. The van der Waals surface area contributed by atoms with Crippen LogP contribution < -0.4 is 43.8 Å². The topological polar surface area (TPSA) is 348 Å². The van der Waals surface area contributed by atoms with Crippen LogP contribution in [0.25, 0.3) is 0 Å². The quantitative estimate of drug-likeness (QED) is 0.0616. The van der Waals surface area contributed by atoms with Crippen molar-refractivity contribution in [2.24, 2.45) is 11.7 Å². The van der Waals surface area contributed by atoms with Gasteiger partial charge >= 0.3 is 17.9 Å². The summed E-state index contributed by atoms with van der Waals surface area (Å²) in [4.78, 5) is 112. The van der Waals surface area contributed by atoms with E-state index in [2.05, 4.69) is 26.6 Å². The molecule has 0 saturated heterocycles. The lowest BCUT2D eigenvalue weighted by Crippen LogP contribution is -2.58. The van der Waals surface area contributed by atoms with E-state index < -0.39 is 109 Å². The van der Waals surface area contributed by atoms with Crippen molar-refractivity contribution in [2.45, 2.75) is 89.1 Å². The fourth-order valence-electron chi connectivity index (χ4n) is 5.25. The maximum atomic E-state index is 13.4. The molecule has 20 heteroatoms. The predicted molar refractivity (Wildman–Crippen MR) is 203 cm³/mol. The van der Waals surface area contributed by atoms with Crippen LogP contribution in [0.4, 0.5) is 0 Å². The van der Waals surface area contributed by atoms with Crippen molar-refractivity contribution in [3.63, 3.8) is 0 Å². The Hall–Kier alpha value is -6.41. The van der Waals surface area contributed by atoms with Gasteiger partial charge in [-0.1, -0.05) is 74.5 Å². The third-order valence-corrected chi connectivity index (χ3v) is 8.09. The molecular weight excluding hydrogens is 748 g/mol. The molecule has 0 fully saturated rings. The largest absolute Gasteiger partial charge is 0.481 e. The molecule has 0 heterocycles. The minimum absolute atomic E-state index is 0. The van der Waals surface area contributed by atoms with E-state index in [1.54, 1.807) is 56.3 Å². The number of carbonyl (C=O) groups is 9. The van der Waals surface area contributed by atoms with Crippen molar-refractivity contribution in [2.75, 3.05) is 6.54 Å². The van der Waals surface area contributed by atoms with Crippen LogP contribution in [0.15, 0.2) is 60.7 Å². The van der Waals surface area contributed by atoms with E-state index >= 15 is 0 Å². The molecule has 2 aromatic carbocycles. The minimum Gasteiger partial charge on any atom is -0.481 e. The first-order valence-electron chi connectivity index (χ1n) is 17.6. The molecule has 312 valence electrons. The van der Waals surface area contributed by atoms with Crippen molar-refractivity contribution in [1.29, 1.82) is 0 Å². The summed E-state index contributed by atoms with van der Waals surface area (Å²) >= 11 is 0. The molecule has 2 rings (SSSR count). The van der Waals surface area contributed by atoms with E-state index in [-0.39, 0.29) is 31.3 Å². The first-order valence-corrected chi connectivity index (χ1v) is 17.6. The normalized spacial score (nSPS) is 13.8. The summed E-state index contributed by atoms with van der Waals surface area (Å²) in [5.41, 5.74) is 7.67. The zero-order valence-corrected chi connectivity index (χ0v) is 31.9. The lowest BCUT2D eigenvalue weighted by atomic mass is 10.0. The highest BCUT2D eigenvalue weighted by Crippen LogP contribution is 2.09. The van der Waals surface area contributed by atoms with Gasteiger partial charge in [0, 0.05) is 6.42 Å². The molecular formula is C37H52N8O12. The standard InChI is InChI=1S/C37H49N7O12.H3N/c1-20(2)14-25(35(53)43-27(17-30(46)47)36(54)44-28(37(55)56)18-31(48)49)41-29(45)19-39-32(50)21(3)40-34(52)26(16-23-12-8-5-9-13-23)42-33(51)24(38)15-22-10-6-4-7-11-22;/h4-13,20-21,24-28H,14-19,38H2,1-3H3,(H,39,50)(H,40,52)(H,41,45)(H,42,51)(H,43,53)(H,44,54)(H,46,47)(H,48,49)(H,55,56);1H3. The molecule has 14 N–H and O–H groups in total. The van der Waals surface area contributed by atoms with Crippen LogP contribution in [0, 0.1) is 5.92 Å². The first-order chi connectivity index (χ1) is 26.4. The van der Waals surface area contributed by atoms with Crippen LogP contribution in [0.2, 0.25) is 0 Å². The number of carboxylic acid groups (broad SMARTS) is 3. The molecule has 6 unspecified atom stereocenters. The Balaban J connectivity index is 0.0000162. The zero-order valence-electron chi connectivity index (χ0n) is 31.9. The van der Waals surface area contributed by atoms with Crippen molar-refractivity contribution < 1.29 is 58.5 Å². The molecule has 0 aliphatic carbocycles. The van der Waals surface area contributed by atoms with Crippen LogP contribution in [0.3, 0.4) is 0 Å². The Labute approximate surface area is 328 Å². The Morgan fingerprint density at radius 1 is 0.561 bits per heavy atom. The number of carboxylic acids is 3. The third-order valence-electron chi connectivity index (χ3n) is 8.09. The fourth-order valence-corrected chi connectivity index (χ4v) is 5.25. The summed E-state index contributed by atoms with van der Waals surface area (Å²) in [7, 11) is 0. The van der Waals surface area contributed by atoms with Gasteiger partial charge in [0.1, 0.15) is 30.2 Å². The number of nitrogens with two attached hydrogens (primary N) is 1. The average molecular weight is 801 g/mol. The molecule has 20 nitrogen and oxygen atoms in total. The van der Waals surface area contributed by atoms with Crippen molar-refractivity contribution in [3.8, 4) is 0 Å². The number of hydrogen-bond acceptors (Lipinski definition) is 11. The molecule has 57 heavy (non-hydrogen) atoms. The summed E-state index contributed by atoms with van der Waals surface area (Å²) in [5.74, 6) is -10.3. The highest BCUT2D eigenvalue weighted by molar-refractivity contribution is 5.97. The second-order valence-corrected chi connectivity index (χ2v) is 13.4. The molecule has 0 spiro atoms. The van der Waals surface area contributed by atoms with Gasteiger partial charge in [0.2, 0.25) is 35.4 Å². The van der Waals surface area contributed by atoms with Crippen LogP contribution in [0.1, 0.15) is 51.2 Å². The van der Waals surface area contributed by atoms with Gasteiger partial charge in [0.15, 0.2) is 0 Å². The molecule has 0 saturated carbocycles. The lowest BCUT2D eigenvalue weighted by molar-refractivity contribution is -0.148. The number of nitrogens with one attached hydrogen (secondary N) is 6. The molecule has 2 aromatic rings. The second kappa shape index (κ2) is 24.2. The number of amides is 6. The molecule has 6 atom stereocenters. The van der Waals surface area contributed by atoms with Gasteiger partial charge in [-0.15, -0.1) is 0 Å². The van der Waals surface area contributed by atoms with Gasteiger partial charge in [-0.25, -0.2) is 4.79 Å². The summed E-state index contributed by atoms with van der Waals surface area (Å²) in [6.07, 6.45) is -1.75. The summed E-state index contributed by atoms with van der Waals surface area (Å²) < 4.78 is 0. The fraction of sp³-hybridized carbons (Fsp3) is 0.432. The van der Waals surface area contributed by atoms with E-state index in [0.717, 1.165) is 11.1 Å². The summed E-state index contributed by atoms with van der Waals surface area (Å²) in [5, 5.41) is 41.4. The molecule has 0 aliphatic rings. The molecule has 6 amide bonds. The second-order valence-electron chi connectivity index (χ2n) is 13.4. The van der Waals surface area contributed by atoms with Gasteiger partial charge in [-0.05, 0) is 36.8 Å². The smallest absolute Gasteiger partial charge is 0.326 e. The van der Waals surface area contributed by atoms with E-state index in [4.69, 9.17) is 10.8 Å². The predicted octanol–water partition coefficient (Wildman–Crippen LogP) is -1.40. The maximum absolute atomic E-state index is 13.4. The van der Waals surface area contributed by atoms with E-state index in [1.807, 2.05) is 23.5 Å². The number of benzene rings is 2. The number of hydrogen-bond donors (Lipinski definition) is 11. The third kappa shape index (κ3) is 18.2. The molecule has 0 bridgehead atoms. The Morgan fingerprint density at radius 3 is 1.53 bits per heavy atom. The van der Waals surface area contributed by atoms with Crippen molar-refractivity contribution >= 4 is 53.4 Å². The maximum Gasteiger partial charge on any atom is 0.326 e. The summed E-state index contributed by atoms with van der Waals surface area (Å²) in [6.45, 7) is 4.08. The number of carbonyl (C=O) groups excluding carboxylic acids is 6. The Kier molecular flexibility index (Phi) is 20.6. The van der Waals surface area contributed by atoms with E-state index in [0.29, 0.717) is 0 Å². The van der Waals surface area contributed by atoms with Gasteiger partial charge in [0.25, 0.3) is 0 Å². The minimum atomic E-state index is -1.92. The molecule has 0 aliphatic heterocycles. The number of rotatable bonds is 23. The SMILES string of the molecule is CC(C)CC(NC(=O)CNC(=O)C(C)NC(=O)C(Cc1ccccc1)NC(=O)C(N)Cc1ccccc1)C(=O)NC(CC(=O)O)C(=O)NC(CC(=O)O)C(=O)O.N. The van der Waals surface area contributed by atoms with Crippen LogP contribution in [-0.4, -0.2) is 111 Å². The van der Waals surface area contributed by atoms with Gasteiger partial charge in [-0.2, -0.15) is 0 Å². The van der Waals surface area contributed by atoms with Crippen molar-refractivity contribution in [1.82, 2.24) is 38.1 Å². The van der Waals surface area contributed by atoms with Gasteiger partial charge < -0.3 is 59.1 Å². The first kappa shape index (κ1) is 48.6. The van der Waals surface area contributed by atoms with Crippen LogP contribution >= 0.6 is 0 Å².